The first-order valence-corrected chi connectivity index (χ1v) is 11.2. The molecule has 3 heterocycles. The average Bonchev–Trinajstić information content (AvgIpc) is 2.93. The second-order valence-corrected chi connectivity index (χ2v) is 8.61. The van der Waals surface area contributed by atoms with Crippen molar-refractivity contribution in [2.45, 2.75) is 52.1 Å². The van der Waals surface area contributed by atoms with Crippen LogP contribution in [-0.2, 0) is 11.5 Å². The van der Waals surface area contributed by atoms with Gasteiger partial charge in [0.2, 0.25) is 11.8 Å². The van der Waals surface area contributed by atoms with Crippen LogP contribution in [0.3, 0.4) is 0 Å². The minimum Gasteiger partial charge on any atom is -0.409 e. The Labute approximate surface area is 177 Å². The second-order valence-electron chi connectivity index (χ2n) is 8.26. The lowest BCUT2D eigenvalue weighted by molar-refractivity contribution is -0.137. The molecule has 2 aliphatic heterocycles. The quantitative estimate of drug-likeness (QED) is 0.700. The largest absolute Gasteiger partial charge is 0.409 e. The number of rotatable bonds is 4. The van der Waals surface area contributed by atoms with Crippen molar-refractivity contribution < 1.29 is 9.21 Å². The number of likely N-dealkylation sites (tertiary alicyclic amines) is 2. The molecule has 0 aliphatic carbocycles. The molecule has 2 aromatic rings. The topological polar surface area (TPSA) is 54.5 Å². The summed E-state index contributed by atoms with van der Waals surface area (Å²) >= 11 is 5.39. The van der Waals surface area contributed by atoms with E-state index in [1.165, 1.54) is 12.8 Å². The van der Waals surface area contributed by atoms with E-state index in [1.54, 1.807) is 4.68 Å². The minimum atomic E-state index is 0.164. The SMILES string of the molecule is Cc1ccccc1-c1nn(CN2CCC(C(=O)N3CCCCCC3)CC2)c(=S)o1. The van der Waals surface area contributed by atoms with E-state index in [9.17, 15) is 4.79 Å². The zero-order valence-electron chi connectivity index (χ0n) is 17.2. The van der Waals surface area contributed by atoms with Gasteiger partial charge in [0.05, 0.1) is 6.67 Å². The van der Waals surface area contributed by atoms with Crippen molar-refractivity contribution in [1.82, 2.24) is 19.6 Å². The molecule has 2 saturated heterocycles. The summed E-state index contributed by atoms with van der Waals surface area (Å²) in [6.07, 6.45) is 6.63. The third kappa shape index (κ3) is 4.78. The molecule has 2 aliphatic rings. The zero-order chi connectivity index (χ0) is 20.2. The van der Waals surface area contributed by atoms with E-state index in [0.29, 0.717) is 23.3 Å². The molecule has 156 valence electrons. The van der Waals surface area contributed by atoms with Gasteiger partial charge in [0, 0.05) is 37.7 Å². The Bertz CT molecular complexity index is 890. The van der Waals surface area contributed by atoms with Crippen LogP contribution in [-0.4, -0.2) is 51.7 Å². The highest BCUT2D eigenvalue weighted by Crippen LogP contribution is 2.24. The predicted octanol–water partition coefficient (Wildman–Crippen LogP) is 4.25. The van der Waals surface area contributed by atoms with Gasteiger partial charge in [0.15, 0.2) is 0 Å². The maximum absolute atomic E-state index is 12.9. The fourth-order valence-corrected chi connectivity index (χ4v) is 4.55. The summed E-state index contributed by atoms with van der Waals surface area (Å²) in [5.41, 5.74) is 2.09. The highest BCUT2D eigenvalue weighted by molar-refractivity contribution is 7.71. The molecule has 1 amide bonds. The molecular weight excluding hydrogens is 384 g/mol. The first-order valence-electron chi connectivity index (χ1n) is 10.8. The van der Waals surface area contributed by atoms with E-state index in [2.05, 4.69) is 14.9 Å². The van der Waals surface area contributed by atoms with Crippen LogP contribution >= 0.6 is 12.2 Å². The van der Waals surface area contributed by atoms with Crippen LogP contribution in [0.5, 0.6) is 0 Å². The number of aryl methyl sites for hydroxylation is 1. The molecule has 0 unspecified atom stereocenters. The fourth-order valence-electron chi connectivity index (χ4n) is 4.38. The Kier molecular flexibility index (Phi) is 6.45. The van der Waals surface area contributed by atoms with E-state index >= 15 is 0 Å². The summed E-state index contributed by atoms with van der Waals surface area (Å²) in [5, 5.41) is 4.60. The van der Waals surface area contributed by atoms with Crippen LogP contribution < -0.4 is 0 Å². The van der Waals surface area contributed by atoms with Gasteiger partial charge in [0.1, 0.15) is 0 Å². The number of aromatic nitrogens is 2. The van der Waals surface area contributed by atoms with Gasteiger partial charge in [-0.05, 0) is 56.5 Å². The van der Waals surface area contributed by atoms with Crippen LogP contribution in [0.1, 0.15) is 44.1 Å². The molecule has 1 aromatic heterocycles. The van der Waals surface area contributed by atoms with Gasteiger partial charge in [-0.15, -0.1) is 5.10 Å². The van der Waals surface area contributed by atoms with Gasteiger partial charge < -0.3 is 9.32 Å². The molecule has 0 radical (unpaired) electrons. The number of hydrogen-bond donors (Lipinski definition) is 0. The smallest absolute Gasteiger partial charge is 0.288 e. The summed E-state index contributed by atoms with van der Waals surface area (Å²) in [7, 11) is 0. The maximum atomic E-state index is 12.9. The molecule has 0 bridgehead atoms. The Morgan fingerprint density at radius 2 is 1.79 bits per heavy atom. The van der Waals surface area contributed by atoms with Crippen molar-refractivity contribution >= 4 is 18.1 Å². The molecule has 0 N–H and O–H groups in total. The van der Waals surface area contributed by atoms with Crippen LogP contribution in [0.15, 0.2) is 28.7 Å². The van der Waals surface area contributed by atoms with Gasteiger partial charge in [-0.1, -0.05) is 31.0 Å². The Morgan fingerprint density at radius 1 is 1.10 bits per heavy atom. The molecule has 2 fully saturated rings. The number of carbonyl (C=O) groups excluding carboxylic acids is 1. The fraction of sp³-hybridized carbons (Fsp3) is 0.591. The summed E-state index contributed by atoms with van der Waals surface area (Å²) in [6, 6.07) is 8.02. The third-order valence-corrected chi connectivity index (χ3v) is 6.46. The van der Waals surface area contributed by atoms with E-state index in [1.807, 2.05) is 31.2 Å². The molecule has 1 aromatic carbocycles. The van der Waals surface area contributed by atoms with Gasteiger partial charge in [0.25, 0.3) is 4.84 Å². The summed E-state index contributed by atoms with van der Waals surface area (Å²) in [4.78, 5) is 17.7. The van der Waals surface area contributed by atoms with Gasteiger partial charge >= 0.3 is 0 Å². The Hall–Kier alpha value is -1.99. The molecule has 0 saturated carbocycles. The van der Waals surface area contributed by atoms with Crippen LogP contribution in [0.4, 0.5) is 0 Å². The van der Waals surface area contributed by atoms with Crippen molar-refractivity contribution in [2.24, 2.45) is 5.92 Å². The number of amides is 1. The van der Waals surface area contributed by atoms with Crippen LogP contribution in [0, 0.1) is 17.7 Å². The molecular formula is C22H30N4O2S. The van der Waals surface area contributed by atoms with E-state index in [0.717, 1.165) is 63.0 Å². The molecule has 29 heavy (non-hydrogen) atoms. The predicted molar refractivity (Wildman–Crippen MR) is 115 cm³/mol. The summed E-state index contributed by atoms with van der Waals surface area (Å²) in [6.45, 7) is 6.30. The lowest BCUT2D eigenvalue weighted by Gasteiger charge is -2.33. The number of carbonyl (C=O) groups is 1. The van der Waals surface area contributed by atoms with Gasteiger partial charge in [-0.3, -0.25) is 9.69 Å². The van der Waals surface area contributed by atoms with E-state index in [4.69, 9.17) is 16.6 Å². The molecule has 7 heteroatoms. The average molecular weight is 415 g/mol. The second kappa shape index (κ2) is 9.22. The van der Waals surface area contributed by atoms with Crippen LogP contribution in [0.25, 0.3) is 11.5 Å². The van der Waals surface area contributed by atoms with Gasteiger partial charge in [-0.25, -0.2) is 4.68 Å². The molecule has 4 rings (SSSR count). The van der Waals surface area contributed by atoms with Crippen molar-refractivity contribution in [3.63, 3.8) is 0 Å². The highest BCUT2D eigenvalue weighted by atomic mass is 32.1. The first-order chi connectivity index (χ1) is 14.1. The number of piperidine rings is 1. The Balaban J connectivity index is 1.35. The highest BCUT2D eigenvalue weighted by Gasteiger charge is 2.29. The summed E-state index contributed by atoms with van der Waals surface area (Å²) in [5.74, 6) is 1.10. The van der Waals surface area contributed by atoms with Crippen molar-refractivity contribution in [2.75, 3.05) is 26.2 Å². The first kappa shape index (κ1) is 20.3. The Morgan fingerprint density at radius 3 is 2.48 bits per heavy atom. The number of hydrogen-bond acceptors (Lipinski definition) is 5. The third-order valence-electron chi connectivity index (χ3n) is 6.17. The minimum absolute atomic E-state index is 0.164. The normalized spacial score (nSPS) is 19.3. The monoisotopic (exact) mass is 414 g/mol. The van der Waals surface area contributed by atoms with E-state index < -0.39 is 0 Å². The standard InChI is InChI=1S/C22H30N4O2S/c1-17-8-4-5-9-19(17)20-23-26(22(29)28-20)16-24-14-10-18(11-15-24)21(27)25-12-6-2-3-7-13-25/h4-5,8-9,18H,2-3,6-7,10-16H2,1H3. The lowest BCUT2D eigenvalue weighted by Crippen LogP contribution is -2.43. The van der Waals surface area contributed by atoms with Crippen molar-refractivity contribution in [3.05, 3.63) is 34.7 Å². The molecule has 0 atom stereocenters. The maximum Gasteiger partial charge on any atom is 0.288 e. The van der Waals surface area contributed by atoms with Gasteiger partial charge in [-0.2, -0.15) is 0 Å². The molecule has 0 spiro atoms. The van der Waals surface area contributed by atoms with Crippen LogP contribution in [0.2, 0.25) is 0 Å². The lowest BCUT2D eigenvalue weighted by atomic mass is 9.95. The molecule has 6 nitrogen and oxygen atoms in total. The van der Waals surface area contributed by atoms with Crippen molar-refractivity contribution in [3.8, 4) is 11.5 Å². The van der Waals surface area contributed by atoms with E-state index in [-0.39, 0.29) is 5.92 Å². The number of benzene rings is 1. The summed E-state index contributed by atoms with van der Waals surface area (Å²) < 4.78 is 7.51. The van der Waals surface area contributed by atoms with Crippen molar-refractivity contribution in [1.29, 1.82) is 0 Å². The zero-order valence-corrected chi connectivity index (χ0v) is 18.0. The number of nitrogens with zero attached hydrogens (tertiary/aromatic N) is 4.